The average molecular weight is 454 g/mol. The number of aliphatic carboxylic acids is 1. The van der Waals surface area contributed by atoms with Crippen LogP contribution in [0.4, 0.5) is 27.8 Å². The predicted molar refractivity (Wildman–Crippen MR) is 98.7 cm³/mol. The van der Waals surface area contributed by atoms with E-state index in [4.69, 9.17) is 26.2 Å². The summed E-state index contributed by atoms with van der Waals surface area (Å²) in [4.78, 5) is 15.2. The van der Waals surface area contributed by atoms with Gasteiger partial charge in [-0.1, -0.05) is 17.7 Å². The van der Waals surface area contributed by atoms with E-state index < -0.39 is 23.8 Å². The lowest BCUT2D eigenvalue weighted by molar-refractivity contribution is -0.192. The second-order valence-electron chi connectivity index (χ2n) is 6.02. The lowest BCUT2D eigenvalue weighted by Gasteiger charge is -2.28. The summed E-state index contributed by atoms with van der Waals surface area (Å²) in [5.74, 6) is -3.29. The van der Waals surface area contributed by atoms with Gasteiger partial charge in [-0.25, -0.2) is 13.6 Å². The van der Waals surface area contributed by atoms with E-state index in [1.807, 2.05) is 4.90 Å². The minimum Gasteiger partial charge on any atom is -0.475 e. The molecule has 0 atom stereocenters. The zero-order valence-electron chi connectivity index (χ0n) is 15.3. The number of halogens is 6. The van der Waals surface area contributed by atoms with Gasteiger partial charge in [0.1, 0.15) is 18.2 Å². The Morgan fingerprint density at radius 3 is 2.37 bits per heavy atom. The Labute approximate surface area is 173 Å². The number of carboxylic acid groups (broad SMARTS) is 1. The van der Waals surface area contributed by atoms with Crippen LogP contribution in [0.5, 0.6) is 5.88 Å². The van der Waals surface area contributed by atoms with Crippen LogP contribution in [0.2, 0.25) is 5.02 Å². The van der Waals surface area contributed by atoms with Gasteiger partial charge in [0.05, 0.1) is 0 Å². The topological polar surface area (TPSA) is 74.7 Å². The lowest BCUT2D eigenvalue weighted by atomic mass is 10.2. The molecule has 0 spiro atoms. The van der Waals surface area contributed by atoms with E-state index in [0.29, 0.717) is 16.4 Å². The second kappa shape index (κ2) is 10.4. The number of alkyl halides is 3. The number of nitrogens with one attached hydrogen (secondary N) is 1. The summed E-state index contributed by atoms with van der Waals surface area (Å²) in [6.07, 6.45) is -5.08. The molecule has 1 fully saturated rings. The average Bonchev–Trinajstić information content (AvgIpc) is 2.69. The molecule has 0 radical (unpaired) electrons. The molecule has 1 aromatic carbocycles. The molecular formula is C18H17ClF5N3O3. The fourth-order valence-corrected chi connectivity index (χ4v) is 2.53. The smallest absolute Gasteiger partial charge is 0.475 e. The van der Waals surface area contributed by atoms with Gasteiger partial charge >= 0.3 is 12.1 Å². The first-order valence-corrected chi connectivity index (χ1v) is 8.95. The van der Waals surface area contributed by atoms with Crippen LogP contribution in [0.1, 0.15) is 5.56 Å². The first kappa shape index (κ1) is 23.6. The number of rotatable bonds is 4. The maximum atomic E-state index is 13.9. The zero-order valence-corrected chi connectivity index (χ0v) is 16.1. The summed E-state index contributed by atoms with van der Waals surface area (Å²) in [7, 11) is 0. The number of carbonyl (C=O) groups is 1. The molecule has 0 aliphatic carbocycles. The molecule has 6 nitrogen and oxygen atoms in total. The van der Waals surface area contributed by atoms with Crippen LogP contribution in [-0.2, 0) is 11.4 Å². The Hall–Kier alpha value is -2.66. The minimum absolute atomic E-state index is 0.113. The summed E-state index contributed by atoms with van der Waals surface area (Å²) in [6, 6.07) is 7.20. The quantitative estimate of drug-likeness (QED) is 0.689. The molecule has 1 aliphatic heterocycles. The maximum Gasteiger partial charge on any atom is 0.490 e. The number of benzene rings is 1. The SMILES string of the molecule is Fc1cc(Cl)ccc1COc1nc(N2CCNCC2)ccc1F.O=C(O)C(F)(F)F. The molecule has 12 heteroatoms. The number of anilines is 1. The van der Waals surface area contributed by atoms with Gasteiger partial charge in [0.25, 0.3) is 5.88 Å². The van der Waals surface area contributed by atoms with Gasteiger partial charge in [-0.05, 0) is 24.3 Å². The largest absolute Gasteiger partial charge is 0.490 e. The molecule has 2 N–H and O–H groups in total. The third-order valence-electron chi connectivity index (χ3n) is 3.86. The van der Waals surface area contributed by atoms with Crippen molar-refractivity contribution in [3.8, 4) is 5.88 Å². The van der Waals surface area contributed by atoms with E-state index in [1.165, 1.54) is 18.2 Å². The number of nitrogens with zero attached hydrogens (tertiary/aromatic N) is 2. The molecule has 1 aromatic heterocycles. The predicted octanol–water partition coefficient (Wildman–Crippen LogP) is 3.64. The van der Waals surface area contributed by atoms with Crippen molar-refractivity contribution in [3.63, 3.8) is 0 Å². The van der Waals surface area contributed by atoms with E-state index in [0.717, 1.165) is 26.2 Å². The van der Waals surface area contributed by atoms with E-state index in [9.17, 15) is 22.0 Å². The molecule has 2 aromatic rings. The van der Waals surface area contributed by atoms with Crippen molar-refractivity contribution in [2.45, 2.75) is 12.8 Å². The number of piperazine rings is 1. The van der Waals surface area contributed by atoms with Gasteiger partial charge in [0.15, 0.2) is 5.82 Å². The molecule has 0 unspecified atom stereocenters. The summed E-state index contributed by atoms with van der Waals surface area (Å²) in [5, 5.41) is 10.7. The van der Waals surface area contributed by atoms with Crippen molar-refractivity contribution in [3.05, 3.63) is 52.6 Å². The number of hydrogen-bond acceptors (Lipinski definition) is 5. The Balaban J connectivity index is 0.000000396. The van der Waals surface area contributed by atoms with Crippen molar-refractivity contribution in [2.24, 2.45) is 0 Å². The van der Waals surface area contributed by atoms with Crippen LogP contribution in [0, 0.1) is 11.6 Å². The van der Waals surface area contributed by atoms with Crippen LogP contribution >= 0.6 is 11.6 Å². The Kier molecular flexibility index (Phi) is 8.18. The van der Waals surface area contributed by atoms with Gasteiger partial charge in [0.2, 0.25) is 0 Å². The van der Waals surface area contributed by atoms with Crippen molar-refractivity contribution in [1.82, 2.24) is 10.3 Å². The number of ether oxygens (including phenoxy) is 1. The lowest BCUT2D eigenvalue weighted by Crippen LogP contribution is -2.43. The maximum absolute atomic E-state index is 13.9. The molecular weight excluding hydrogens is 437 g/mol. The van der Waals surface area contributed by atoms with Gasteiger partial charge in [-0.15, -0.1) is 0 Å². The normalized spacial score (nSPS) is 14.0. The van der Waals surface area contributed by atoms with Crippen molar-refractivity contribution in [2.75, 3.05) is 31.1 Å². The molecule has 2 heterocycles. The van der Waals surface area contributed by atoms with Gasteiger partial charge in [0, 0.05) is 36.8 Å². The molecule has 1 saturated heterocycles. The fourth-order valence-electron chi connectivity index (χ4n) is 2.37. The van der Waals surface area contributed by atoms with Gasteiger partial charge in [-0.2, -0.15) is 18.2 Å². The third kappa shape index (κ3) is 6.99. The highest BCUT2D eigenvalue weighted by molar-refractivity contribution is 6.30. The Bertz CT molecular complexity index is 877. The first-order chi connectivity index (χ1) is 14.1. The minimum atomic E-state index is -5.08. The molecule has 1 aliphatic rings. The van der Waals surface area contributed by atoms with Crippen molar-refractivity contribution >= 4 is 23.4 Å². The highest BCUT2D eigenvalue weighted by Crippen LogP contribution is 2.22. The fraction of sp³-hybridized carbons (Fsp3) is 0.333. The molecule has 3 rings (SSSR count). The molecule has 0 bridgehead atoms. The van der Waals surface area contributed by atoms with Gasteiger partial charge in [-0.3, -0.25) is 0 Å². The highest BCUT2D eigenvalue weighted by Gasteiger charge is 2.38. The summed E-state index contributed by atoms with van der Waals surface area (Å²) in [5.41, 5.74) is 0.295. The molecule has 164 valence electrons. The van der Waals surface area contributed by atoms with E-state index in [1.54, 1.807) is 12.1 Å². The second-order valence-corrected chi connectivity index (χ2v) is 6.46. The van der Waals surface area contributed by atoms with Gasteiger partial charge < -0.3 is 20.1 Å². The summed E-state index contributed by atoms with van der Waals surface area (Å²) < 4.78 is 64.7. The molecule has 30 heavy (non-hydrogen) atoms. The highest BCUT2D eigenvalue weighted by atomic mass is 35.5. The summed E-state index contributed by atoms with van der Waals surface area (Å²) in [6.45, 7) is 3.18. The van der Waals surface area contributed by atoms with E-state index >= 15 is 0 Å². The zero-order chi connectivity index (χ0) is 22.3. The Morgan fingerprint density at radius 2 is 1.80 bits per heavy atom. The van der Waals surface area contributed by atoms with Crippen LogP contribution in [0.15, 0.2) is 30.3 Å². The standard InChI is InChI=1S/C16H16ClF2N3O.C2HF3O2/c17-12-2-1-11(14(19)9-12)10-23-16-13(18)3-4-15(21-16)22-7-5-20-6-8-22;3-2(4,5)1(6)7/h1-4,9,20H,5-8,10H2;(H,6,7). The summed E-state index contributed by atoms with van der Waals surface area (Å²) >= 11 is 5.70. The van der Waals surface area contributed by atoms with Crippen LogP contribution < -0.4 is 15.0 Å². The first-order valence-electron chi connectivity index (χ1n) is 8.57. The number of hydrogen-bond donors (Lipinski definition) is 2. The number of carboxylic acids is 1. The van der Waals surface area contributed by atoms with E-state index in [2.05, 4.69) is 10.3 Å². The van der Waals surface area contributed by atoms with Crippen molar-refractivity contribution in [1.29, 1.82) is 0 Å². The molecule has 0 saturated carbocycles. The number of aromatic nitrogens is 1. The number of pyridine rings is 1. The monoisotopic (exact) mass is 453 g/mol. The van der Waals surface area contributed by atoms with Crippen molar-refractivity contribution < 1.29 is 36.6 Å². The van der Waals surface area contributed by atoms with E-state index in [-0.39, 0.29) is 12.5 Å². The Morgan fingerprint density at radius 1 is 1.17 bits per heavy atom. The van der Waals surface area contributed by atoms with Crippen LogP contribution in [0.25, 0.3) is 0 Å². The van der Waals surface area contributed by atoms with Crippen LogP contribution in [0.3, 0.4) is 0 Å². The third-order valence-corrected chi connectivity index (χ3v) is 4.10. The van der Waals surface area contributed by atoms with Crippen LogP contribution in [-0.4, -0.2) is 48.4 Å². The molecule has 0 amide bonds.